The van der Waals surface area contributed by atoms with Gasteiger partial charge in [-0.2, -0.15) is 0 Å². The quantitative estimate of drug-likeness (QED) is 0.720. The SMILES string of the molecule is O=C(O)c1ccc2c(c1)S(=O)(=O)c1ccc(O)cc1C=C2. The lowest BCUT2D eigenvalue weighted by Gasteiger charge is -2.09. The third-order valence-corrected chi connectivity index (χ3v) is 5.16. The molecule has 0 fully saturated rings. The molecule has 6 heteroatoms. The third kappa shape index (κ3) is 2.09. The Morgan fingerprint density at radius 2 is 1.62 bits per heavy atom. The summed E-state index contributed by atoms with van der Waals surface area (Å²) in [5.74, 6) is -1.22. The molecule has 0 aliphatic carbocycles. The van der Waals surface area contributed by atoms with Gasteiger partial charge >= 0.3 is 5.97 Å². The Kier molecular flexibility index (Phi) is 2.84. The summed E-state index contributed by atoms with van der Waals surface area (Å²) in [5.41, 5.74) is 0.687. The van der Waals surface area contributed by atoms with E-state index < -0.39 is 15.8 Å². The third-order valence-electron chi connectivity index (χ3n) is 3.28. The van der Waals surface area contributed by atoms with Crippen molar-refractivity contribution in [2.45, 2.75) is 9.79 Å². The fourth-order valence-corrected chi connectivity index (χ4v) is 3.90. The van der Waals surface area contributed by atoms with Gasteiger partial charge in [0.15, 0.2) is 0 Å². The van der Waals surface area contributed by atoms with E-state index in [9.17, 15) is 18.3 Å². The van der Waals surface area contributed by atoms with Crippen molar-refractivity contribution in [3.05, 3.63) is 53.1 Å². The van der Waals surface area contributed by atoms with Gasteiger partial charge in [-0.15, -0.1) is 0 Å². The standard InChI is InChI=1S/C15H10O5S/c16-12-5-6-13-10(7-12)3-1-9-2-4-11(15(17)18)8-14(9)21(13,19)20/h1-8,16H,(H,17,18). The van der Waals surface area contributed by atoms with Crippen LogP contribution in [0, 0.1) is 0 Å². The van der Waals surface area contributed by atoms with Crippen LogP contribution in [0.2, 0.25) is 0 Å². The van der Waals surface area contributed by atoms with E-state index in [0.717, 1.165) is 6.07 Å². The minimum Gasteiger partial charge on any atom is -0.508 e. The fraction of sp³-hybridized carbons (Fsp3) is 0. The molecule has 0 unspecified atom stereocenters. The maximum atomic E-state index is 12.7. The van der Waals surface area contributed by atoms with Gasteiger partial charge in [0, 0.05) is 0 Å². The molecule has 0 radical (unpaired) electrons. The molecule has 2 aromatic carbocycles. The summed E-state index contributed by atoms with van der Waals surface area (Å²) in [5, 5.41) is 18.5. The number of phenolic OH excluding ortho intramolecular Hbond substituents is 1. The van der Waals surface area contributed by atoms with E-state index in [1.165, 1.54) is 30.3 Å². The second kappa shape index (κ2) is 4.46. The van der Waals surface area contributed by atoms with Gasteiger partial charge in [0.1, 0.15) is 5.75 Å². The molecule has 0 saturated carbocycles. The zero-order chi connectivity index (χ0) is 15.2. The molecule has 0 aromatic heterocycles. The largest absolute Gasteiger partial charge is 0.508 e. The van der Waals surface area contributed by atoms with Gasteiger partial charge in [-0.1, -0.05) is 18.2 Å². The number of hydrogen-bond donors (Lipinski definition) is 2. The Bertz CT molecular complexity index is 894. The molecule has 0 bridgehead atoms. The van der Waals surface area contributed by atoms with E-state index in [-0.39, 0.29) is 21.1 Å². The molecular formula is C15H10O5S. The van der Waals surface area contributed by atoms with Crippen molar-refractivity contribution in [1.82, 2.24) is 0 Å². The first-order chi connectivity index (χ1) is 9.89. The lowest BCUT2D eigenvalue weighted by molar-refractivity contribution is 0.0696. The summed E-state index contributed by atoms with van der Waals surface area (Å²) >= 11 is 0. The van der Waals surface area contributed by atoms with E-state index in [0.29, 0.717) is 11.1 Å². The molecule has 0 saturated heterocycles. The topological polar surface area (TPSA) is 91.7 Å². The molecule has 0 atom stereocenters. The van der Waals surface area contributed by atoms with Gasteiger partial charge in [-0.3, -0.25) is 0 Å². The highest BCUT2D eigenvalue weighted by molar-refractivity contribution is 7.91. The molecule has 0 spiro atoms. The zero-order valence-corrected chi connectivity index (χ0v) is 11.5. The number of rotatable bonds is 1. The first-order valence-corrected chi connectivity index (χ1v) is 7.51. The van der Waals surface area contributed by atoms with Crippen molar-refractivity contribution >= 4 is 28.0 Å². The highest BCUT2D eigenvalue weighted by Gasteiger charge is 2.26. The Balaban J connectivity index is 2.34. The van der Waals surface area contributed by atoms with E-state index in [1.807, 2.05) is 0 Å². The first kappa shape index (κ1) is 13.4. The van der Waals surface area contributed by atoms with Crippen LogP contribution in [-0.4, -0.2) is 24.6 Å². The molecule has 1 aliphatic rings. The molecule has 1 heterocycles. The minimum atomic E-state index is -3.85. The van der Waals surface area contributed by atoms with Crippen molar-refractivity contribution in [2.24, 2.45) is 0 Å². The average molecular weight is 302 g/mol. The van der Waals surface area contributed by atoms with Crippen molar-refractivity contribution in [2.75, 3.05) is 0 Å². The predicted molar refractivity (Wildman–Crippen MR) is 75.9 cm³/mol. The summed E-state index contributed by atoms with van der Waals surface area (Å²) in [6, 6.07) is 7.92. The van der Waals surface area contributed by atoms with Crippen LogP contribution in [0.3, 0.4) is 0 Å². The van der Waals surface area contributed by atoms with Crippen LogP contribution in [0.15, 0.2) is 46.2 Å². The monoisotopic (exact) mass is 302 g/mol. The van der Waals surface area contributed by atoms with Gasteiger partial charge < -0.3 is 10.2 Å². The lowest BCUT2D eigenvalue weighted by atomic mass is 10.1. The molecule has 0 amide bonds. The number of aromatic hydroxyl groups is 1. The summed E-state index contributed by atoms with van der Waals surface area (Å²) in [6.07, 6.45) is 3.17. The number of fused-ring (bicyclic) bond motifs is 2. The second-order valence-corrected chi connectivity index (χ2v) is 6.50. The molecule has 2 aromatic rings. The number of aromatic carboxylic acids is 1. The van der Waals surface area contributed by atoms with E-state index in [1.54, 1.807) is 12.2 Å². The number of carbonyl (C=O) groups is 1. The lowest BCUT2D eigenvalue weighted by Crippen LogP contribution is -2.07. The highest BCUT2D eigenvalue weighted by atomic mass is 32.2. The maximum absolute atomic E-state index is 12.7. The smallest absolute Gasteiger partial charge is 0.335 e. The van der Waals surface area contributed by atoms with Crippen LogP contribution in [0.4, 0.5) is 0 Å². The van der Waals surface area contributed by atoms with Crippen LogP contribution < -0.4 is 0 Å². The molecule has 3 rings (SSSR count). The maximum Gasteiger partial charge on any atom is 0.335 e. The molecule has 21 heavy (non-hydrogen) atoms. The van der Waals surface area contributed by atoms with Gasteiger partial charge in [0.2, 0.25) is 9.84 Å². The van der Waals surface area contributed by atoms with Crippen LogP contribution in [0.1, 0.15) is 21.5 Å². The minimum absolute atomic E-state index is 0.0363. The highest BCUT2D eigenvalue weighted by Crippen LogP contribution is 2.34. The predicted octanol–water partition coefficient (Wildman–Crippen LogP) is 2.41. The summed E-state index contributed by atoms with van der Waals surface area (Å²) in [4.78, 5) is 11.0. The van der Waals surface area contributed by atoms with Crippen molar-refractivity contribution < 1.29 is 23.4 Å². The van der Waals surface area contributed by atoms with Gasteiger partial charge in [0.25, 0.3) is 0 Å². The fourth-order valence-electron chi connectivity index (χ4n) is 2.25. The molecule has 5 nitrogen and oxygen atoms in total. The number of sulfone groups is 1. The number of hydrogen-bond acceptors (Lipinski definition) is 4. The number of benzene rings is 2. The van der Waals surface area contributed by atoms with Gasteiger partial charge in [-0.25, -0.2) is 13.2 Å². The van der Waals surface area contributed by atoms with E-state index in [4.69, 9.17) is 5.11 Å². The van der Waals surface area contributed by atoms with Crippen LogP contribution >= 0.6 is 0 Å². The van der Waals surface area contributed by atoms with Gasteiger partial charge in [-0.05, 0) is 41.5 Å². The molecular weight excluding hydrogens is 292 g/mol. The molecule has 1 aliphatic heterocycles. The first-order valence-electron chi connectivity index (χ1n) is 6.03. The average Bonchev–Trinajstić information content (AvgIpc) is 2.54. The number of phenols is 1. The number of carboxylic acids is 1. The summed E-state index contributed by atoms with van der Waals surface area (Å²) < 4.78 is 25.4. The van der Waals surface area contributed by atoms with Crippen molar-refractivity contribution in [1.29, 1.82) is 0 Å². The van der Waals surface area contributed by atoms with Crippen LogP contribution in [-0.2, 0) is 9.84 Å². The van der Waals surface area contributed by atoms with E-state index >= 15 is 0 Å². The Morgan fingerprint density at radius 3 is 2.33 bits per heavy atom. The second-order valence-electron chi connectivity index (χ2n) is 4.62. The van der Waals surface area contributed by atoms with Crippen molar-refractivity contribution in [3.8, 4) is 5.75 Å². The Morgan fingerprint density at radius 1 is 0.905 bits per heavy atom. The Labute approximate surface area is 120 Å². The van der Waals surface area contributed by atoms with E-state index in [2.05, 4.69) is 0 Å². The number of carboxylic acid groups (broad SMARTS) is 1. The zero-order valence-electron chi connectivity index (χ0n) is 10.6. The molecule has 106 valence electrons. The van der Waals surface area contributed by atoms with Crippen LogP contribution in [0.5, 0.6) is 5.75 Å². The Hall–Kier alpha value is -2.60. The summed E-state index contributed by atoms with van der Waals surface area (Å²) in [7, 11) is -3.85. The normalized spacial score (nSPS) is 14.9. The van der Waals surface area contributed by atoms with Crippen LogP contribution in [0.25, 0.3) is 12.2 Å². The molecule has 2 N–H and O–H groups in total. The van der Waals surface area contributed by atoms with Crippen molar-refractivity contribution in [3.63, 3.8) is 0 Å². The van der Waals surface area contributed by atoms with Gasteiger partial charge in [0.05, 0.1) is 15.4 Å². The summed E-state index contributed by atoms with van der Waals surface area (Å²) in [6.45, 7) is 0.